The maximum absolute atomic E-state index is 12.7. The van der Waals surface area contributed by atoms with E-state index in [1.165, 1.54) is 17.7 Å². The number of rotatable bonds is 7. The van der Waals surface area contributed by atoms with Crippen LogP contribution in [0.1, 0.15) is 31.4 Å². The Balaban J connectivity index is 1.13. The molecule has 3 fully saturated rings. The molecule has 7 rings (SSSR count). The Morgan fingerprint density at radius 1 is 1.14 bits per heavy atom. The Kier molecular flexibility index (Phi) is 5.85. The fourth-order valence-electron chi connectivity index (χ4n) is 5.53. The number of anilines is 1. The van der Waals surface area contributed by atoms with Gasteiger partial charge in [-0.3, -0.25) is 14.2 Å². The summed E-state index contributed by atoms with van der Waals surface area (Å²) < 4.78 is 18.4. The van der Waals surface area contributed by atoms with Gasteiger partial charge < -0.3 is 30.0 Å². The fourth-order valence-corrected chi connectivity index (χ4v) is 5.53. The molecule has 3 N–H and O–H groups in total. The molecule has 2 bridgehead atoms. The summed E-state index contributed by atoms with van der Waals surface area (Å²) in [6.45, 7) is 1.05. The molecule has 1 amide bonds. The normalized spacial score (nSPS) is 25.3. The van der Waals surface area contributed by atoms with Crippen molar-refractivity contribution < 1.29 is 24.1 Å². The Morgan fingerprint density at radius 3 is 2.70 bits per heavy atom. The lowest BCUT2D eigenvalue weighted by atomic mass is 9.69. The molecule has 3 aromatic rings. The van der Waals surface area contributed by atoms with Crippen LogP contribution in [0, 0.1) is 0 Å². The van der Waals surface area contributed by atoms with E-state index in [0.29, 0.717) is 49.1 Å². The van der Waals surface area contributed by atoms with Crippen LogP contribution in [0.4, 0.5) is 5.82 Å². The van der Waals surface area contributed by atoms with E-state index in [-0.39, 0.29) is 30.2 Å². The van der Waals surface area contributed by atoms with Gasteiger partial charge in [-0.05, 0) is 49.9 Å². The highest BCUT2D eigenvalue weighted by atomic mass is 16.5. The molecule has 0 spiro atoms. The van der Waals surface area contributed by atoms with Gasteiger partial charge in [0.1, 0.15) is 11.8 Å². The maximum Gasteiger partial charge on any atom is 0.263 e. The van der Waals surface area contributed by atoms with Crippen LogP contribution in [-0.2, 0) is 22.6 Å². The minimum atomic E-state index is -0.868. The molecule has 1 unspecified atom stereocenters. The molecule has 194 valence electrons. The first kappa shape index (κ1) is 23.8. The number of nitrogens with one attached hydrogen (secondary N) is 2. The van der Waals surface area contributed by atoms with Crippen LogP contribution in [0.2, 0.25) is 0 Å². The lowest BCUT2D eigenvalue weighted by Crippen LogP contribution is -2.65. The van der Waals surface area contributed by atoms with Crippen LogP contribution in [0.25, 0.3) is 11.0 Å². The molecule has 1 atom stereocenters. The van der Waals surface area contributed by atoms with Gasteiger partial charge in [-0.15, -0.1) is 0 Å². The Bertz CT molecular complexity index is 1400. The molecule has 11 nitrogen and oxygen atoms in total. The summed E-state index contributed by atoms with van der Waals surface area (Å²) in [5, 5.41) is 18.5. The van der Waals surface area contributed by atoms with E-state index < -0.39 is 11.7 Å². The Morgan fingerprint density at radius 2 is 1.95 bits per heavy atom. The van der Waals surface area contributed by atoms with Crippen molar-refractivity contribution in [3.05, 3.63) is 52.4 Å². The van der Waals surface area contributed by atoms with Gasteiger partial charge in [0.05, 0.1) is 31.6 Å². The highest BCUT2D eigenvalue weighted by Crippen LogP contribution is 2.46. The summed E-state index contributed by atoms with van der Waals surface area (Å²) in [5.41, 5.74) is 0.105. The van der Waals surface area contributed by atoms with Crippen molar-refractivity contribution in [2.75, 3.05) is 25.6 Å². The van der Waals surface area contributed by atoms with Gasteiger partial charge in [0, 0.05) is 29.6 Å². The molecule has 11 heteroatoms. The Labute approximate surface area is 212 Å². The molecular weight excluding hydrogens is 478 g/mol. The molecule has 2 saturated heterocycles. The molecule has 3 aliphatic heterocycles. The summed E-state index contributed by atoms with van der Waals surface area (Å²) >= 11 is 0. The van der Waals surface area contributed by atoms with Gasteiger partial charge in [-0.25, -0.2) is 4.98 Å². The SMILES string of the molecule is COc1ccc2ccc(=O)n(CC(O)C34CCC(NCc5ccc6c(n5)NC(=O)CO6)(CC3)CO4)c2n1. The van der Waals surface area contributed by atoms with E-state index in [4.69, 9.17) is 14.2 Å². The summed E-state index contributed by atoms with van der Waals surface area (Å²) in [6.07, 6.45) is 2.11. The minimum absolute atomic E-state index is 0.000163. The number of carbonyl (C=O) groups excluding carboxylic acids is 1. The standard InChI is InChI=1S/C26H29N5O6/c1-35-21-6-2-16-3-7-22(34)31(24(16)30-21)13-19(32)26-10-8-25(9-11-26,15-37-26)27-12-17-4-5-18-23(28-17)29-20(33)14-36-18/h2-7,19,27,32H,8-15H2,1H3,(H,28,29,33). The van der Waals surface area contributed by atoms with E-state index in [2.05, 4.69) is 20.6 Å². The van der Waals surface area contributed by atoms with Gasteiger partial charge in [-0.2, -0.15) is 4.98 Å². The summed E-state index contributed by atoms with van der Waals surface area (Å²) in [6, 6.07) is 10.5. The largest absolute Gasteiger partial charge is 0.481 e. The Hall–Kier alpha value is -3.54. The second kappa shape index (κ2) is 9.09. The van der Waals surface area contributed by atoms with E-state index in [1.807, 2.05) is 18.2 Å². The molecule has 6 heterocycles. The second-order valence-corrected chi connectivity index (χ2v) is 10.0. The van der Waals surface area contributed by atoms with Gasteiger partial charge in [-0.1, -0.05) is 0 Å². The van der Waals surface area contributed by atoms with Crippen LogP contribution in [0.3, 0.4) is 0 Å². The number of methoxy groups -OCH3 is 1. The number of aromatic nitrogens is 3. The molecule has 4 aliphatic rings. The van der Waals surface area contributed by atoms with Crippen molar-refractivity contribution in [1.29, 1.82) is 0 Å². The molecule has 0 aromatic carbocycles. The van der Waals surface area contributed by atoms with Crippen LogP contribution in [0.5, 0.6) is 11.6 Å². The van der Waals surface area contributed by atoms with E-state index in [0.717, 1.165) is 23.9 Å². The molecule has 3 aromatic heterocycles. The molecular formula is C26H29N5O6. The van der Waals surface area contributed by atoms with Gasteiger partial charge >= 0.3 is 0 Å². The summed E-state index contributed by atoms with van der Waals surface area (Å²) in [7, 11) is 1.53. The van der Waals surface area contributed by atoms with Crippen molar-refractivity contribution in [3.63, 3.8) is 0 Å². The third-order valence-electron chi connectivity index (χ3n) is 7.85. The fraction of sp³-hybridized carbons (Fsp3) is 0.462. The van der Waals surface area contributed by atoms with Crippen molar-refractivity contribution >= 4 is 22.8 Å². The van der Waals surface area contributed by atoms with Crippen molar-refractivity contribution in [2.24, 2.45) is 0 Å². The van der Waals surface area contributed by atoms with Gasteiger partial charge in [0.25, 0.3) is 11.5 Å². The number of hydrogen-bond donors (Lipinski definition) is 3. The van der Waals surface area contributed by atoms with Crippen LogP contribution >= 0.6 is 0 Å². The van der Waals surface area contributed by atoms with E-state index in [9.17, 15) is 14.7 Å². The smallest absolute Gasteiger partial charge is 0.263 e. The first-order valence-electron chi connectivity index (χ1n) is 12.4. The maximum atomic E-state index is 12.7. The third kappa shape index (κ3) is 4.32. The number of carbonyl (C=O) groups is 1. The highest BCUT2D eigenvalue weighted by Gasteiger charge is 2.53. The molecule has 1 saturated carbocycles. The van der Waals surface area contributed by atoms with Crippen LogP contribution < -0.4 is 25.7 Å². The molecule has 1 aliphatic carbocycles. The summed E-state index contributed by atoms with van der Waals surface area (Å²) in [4.78, 5) is 33.3. The van der Waals surface area contributed by atoms with Crippen molar-refractivity contribution in [2.45, 2.75) is 56.0 Å². The topological polar surface area (TPSA) is 137 Å². The van der Waals surface area contributed by atoms with E-state index >= 15 is 0 Å². The van der Waals surface area contributed by atoms with Gasteiger partial charge in [0.2, 0.25) is 5.88 Å². The first-order chi connectivity index (χ1) is 17.9. The van der Waals surface area contributed by atoms with Crippen LogP contribution in [0.15, 0.2) is 41.2 Å². The predicted molar refractivity (Wildman–Crippen MR) is 134 cm³/mol. The van der Waals surface area contributed by atoms with Crippen molar-refractivity contribution in [3.8, 4) is 11.6 Å². The highest BCUT2D eigenvalue weighted by molar-refractivity contribution is 5.94. The third-order valence-corrected chi connectivity index (χ3v) is 7.85. The lowest BCUT2D eigenvalue weighted by Gasteiger charge is -2.55. The average molecular weight is 508 g/mol. The number of pyridine rings is 3. The van der Waals surface area contributed by atoms with Crippen LogP contribution in [-0.4, -0.2) is 63.1 Å². The number of aliphatic hydroxyl groups excluding tert-OH is 1. The first-order valence-corrected chi connectivity index (χ1v) is 12.4. The predicted octanol–water partition coefficient (Wildman–Crippen LogP) is 1.36. The number of ether oxygens (including phenoxy) is 3. The number of nitrogens with zero attached hydrogens (tertiary/aromatic N) is 3. The molecule has 0 radical (unpaired) electrons. The summed E-state index contributed by atoms with van der Waals surface area (Å²) in [5.74, 6) is 1.20. The van der Waals surface area contributed by atoms with E-state index in [1.54, 1.807) is 12.1 Å². The zero-order valence-electron chi connectivity index (χ0n) is 20.5. The lowest BCUT2D eigenvalue weighted by molar-refractivity contribution is -0.211. The number of hydrogen-bond acceptors (Lipinski definition) is 9. The second-order valence-electron chi connectivity index (χ2n) is 10.0. The zero-order chi connectivity index (χ0) is 25.6. The quantitative estimate of drug-likeness (QED) is 0.433. The zero-order valence-corrected chi connectivity index (χ0v) is 20.5. The molecule has 37 heavy (non-hydrogen) atoms. The number of fused-ring (bicyclic) bond motifs is 5. The van der Waals surface area contributed by atoms with Gasteiger partial charge in [0.15, 0.2) is 18.2 Å². The van der Waals surface area contributed by atoms with Crippen molar-refractivity contribution in [1.82, 2.24) is 19.9 Å². The number of amides is 1. The number of aliphatic hydroxyl groups is 1. The monoisotopic (exact) mass is 507 g/mol. The minimum Gasteiger partial charge on any atom is -0.481 e. The average Bonchev–Trinajstić information content (AvgIpc) is 2.94.